The van der Waals surface area contributed by atoms with E-state index in [0.717, 1.165) is 19.3 Å². The first-order valence-corrected chi connectivity index (χ1v) is 12.2. The van der Waals surface area contributed by atoms with Crippen LogP contribution in [0, 0.1) is 23.2 Å². The number of thioether (sulfide) groups is 1. The smallest absolute Gasteiger partial charge is 0.339 e. The number of ketones is 1. The second kappa shape index (κ2) is 9.74. The summed E-state index contributed by atoms with van der Waals surface area (Å²) in [6, 6.07) is 7.07. The van der Waals surface area contributed by atoms with Gasteiger partial charge in [-0.2, -0.15) is 0 Å². The molecular formula is C24H31NO5S. The standard InChI is InChI=1S/C24H31NO5S/c1-29-7-6-25-22(27)15-31-20-5-3-2-4-19(20)23(28)30-14-21(26)24-11-16-8-17(12-24)10-18(9-16)13-24/h2-5,16-18H,6-15H2,1H3,(H,25,27). The van der Waals surface area contributed by atoms with Gasteiger partial charge in [-0.15, -0.1) is 11.8 Å². The highest BCUT2D eigenvalue weighted by atomic mass is 32.2. The molecule has 4 saturated carbocycles. The molecule has 168 valence electrons. The maximum atomic E-state index is 13.1. The molecule has 31 heavy (non-hydrogen) atoms. The first-order chi connectivity index (χ1) is 15.0. The van der Waals surface area contributed by atoms with E-state index in [2.05, 4.69) is 5.32 Å². The van der Waals surface area contributed by atoms with Crippen molar-refractivity contribution >= 4 is 29.4 Å². The minimum atomic E-state index is -0.499. The number of carbonyl (C=O) groups excluding carboxylic acids is 3. The van der Waals surface area contributed by atoms with E-state index in [1.807, 2.05) is 6.07 Å². The number of esters is 1. The molecule has 0 spiro atoms. The van der Waals surface area contributed by atoms with Crippen LogP contribution in [-0.4, -0.2) is 50.3 Å². The molecule has 7 heteroatoms. The fourth-order valence-electron chi connectivity index (χ4n) is 6.06. The lowest BCUT2D eigenvalue weighted by Crippen LogP contribution is -2.51. The minimum Gasteiger partial charge on any atom is -0.454 e. The Morgan fingerprint density at radius 3 is 2.35 bits per heavy atom. The Bertz CT molecular complexity index is 804. The Kier molecular flexibility index (Phi) is 7.02. The zero-order chi connectivity index (χ0) is 21.8. The molecule has 0 unspecified atom stereocenters. The Morgan fingerprint density at radius 2 is 1.71 bits per heavy atom. The number of hydrogen-bond donors (Lipinski definition) is 1. The van der Waals surface area contributed by atoms with Crippen LogP contribution in [0.2, 0.25) is 0 Å². The van der Waals surface area contributed by atoms with Gasteiger partial charge >= 0.3 is 5.97 Å². The molecular weight excluding hydrogens is 414 g/mol. The third-order valence-electron chi connectivity index (χ3n) is 7.06. The summed E-state index contributed by atoms with van der Waals surface area (Å²) in [4.78, 5) is 38.5. The van der Waals surface area contributed by atoms with E-state index in [0.29, 0.717) is 41.4 Å². The minimum absolute atomic E-state index is 0.0996. The first-order valence-electron chi connectivity index (χ1n) is 11.2. The van der Waals surface area contributed by atoms with Crippen molar-refractivity contribution in [3.8, 4) is 0 Å². The number of rotatable bonds is 10. The molecule has 1 aromatic carbocycles. The fourth-order valence-corrected chi connectivity index (χ4v) is 6.93. The molecule has 6 nitrogen and oxygen atoms in total. The number of amides is 1. The van der Waals surface area contributed by atoms with Crippen molar-refractivity contribution < 1.29 is 23.9 Å². The van der Waals surface area contributed by atoms with Gasteiger partial charge in [0.1, 0.15) is 0 Å². The highest BCUT2D eigenvalue weighted by molar-refractivity contribution is 8.00. The van der Waals surface area contributed by atoms with Gasteiger partial charge in [0.15, 0.2) is 12.4 Å². The summed E-state index contributed by atoms with van der Waals surface area (Å²) in [5.74, 6) is 1.71. The molecule has 0 aliphatic heterocycles. The van der Waals surface area contributed by atoms with Gasteiger partial charge in [-0.1, -0.05) is 12.1 Å². The van der Waals surface area contributed by atoms with Crippen LogP contribution in [-0.2, 0) is 19.1 Å². The van der Waals surface area contributed by atoms with E-state index in [1.165, 1.54) is 31.0 Å². The Labute approximate surface area is 187 Å². The number of carbonyl (C=O) groups is 3. The first kappa shape index (κ1) is 22.3. The molecule has 4 bridgehead atoms. The molecule has 0 atom stereocenters. The summed E-state index contributed by atoms with van der Waals surface area (Å²) < 4.78 is 10.4. The quantitative estimate of drug-likeness (QED) is 0.337. The number of benzene rings is 1. The van der Waals surface area contributed by atoms with Crippen LogP contribution in [0.3, 0.4) is 0 Å². The van der Waals surface area contributed by atoms with Crippen LogP contribution in [0.25, 0.3) is 0 Å². The van der Waals surface area contributed by atoms with Crippen molar-refractivity contribution in [3.05, 3.63) is 29.8 Å². The van der Waals surface area contributed by atoms with Gasteiger partial charge in [0, 0.05) is 24.0 Å². The molecule has 5 rings (SSSR count). The van der Waals surface area contributed by atoms with Crippen LogP contribution < -0.4 is 5.32 Å². The average Bonchev–Trinajstić information content (AvgIpc) is 2.75. The molecule has 1 N–H and O–H groups in total. The summed E-state index contributed by atoms with van der Waals surface area (Å²) in [6.45, 7) is 0.755. The predicted molar refractivity (Wildman–Crippen MR) is 118 cm³/mol. The summed E-state index contributed by atoms with van der Waals surface area (Å²) in [5, 5.41) is 2.76. The second-order valence-corrected chi connectivity index (χ2v) is 10.3. The van der Waals surface area contributed by atoms with E-state index in [4.69, 9.17) is 9.47 Å². The zero-order valence-electron chi connectivity index (χ0n) is 18.1. The van der Waals surface area contributed by atoms with Gasteiger partial charge in [0.25, 0.3) is 0 Å². The number of methoxy groups -OCH3 is 1. The number of nitrogens with one attached hydrogen (secondary N) is 1. The van der Waals surface area contributed by atoms with Crippen molar-refractivity contribution in [1.82, 2.24) is 5.32 Å². The van der Waals surface area contributed by atoms with Crippen molar-refractivity contribution in [2.75, 3.05) is 32.6 Å². The highest BCUT2D eigenvalue weighted by Gasteiger charge is 2.54. The lowest BCUT2D eigenvalue weighted by molar-refractivity contribution is -0.147. The van der Waals surface area contributed by atoms with Gasteiger partial charge in [0.2, 0.25) is 5.91 Å². The second-order valence-electron chi connectivity index (χ2n) is 9.32. The molecule has 0 saturated heterocycles. The maximum Gasteiger partial charge on any atom is 0.339 e. The Morgan fingerprint density at radius 1 is 1.06 bits per heavy atom. The van der Waals surface area contributed by atoms with Crippen LogP contribution in [0.1, 0.15) is 48.9 Å². The Balaban J connectivity index is 1.32. The van der Waals surface area contributed by atoms with E-state index in [1.54, 1.807) is 25.3 Å². The highest BCUT2D eigenvalue weighted by Crippen LogP contribution is 2.60. The molecule has 1 aromatic rings. The van der Waals surface area contributed by atoms with Gasteiger partial charge in [-0.05, 0) is 68.4 Å². The molecule has 4 aliphatic rings. The summed E-state index contributed by atoms with van der Waals surface area (Å²) >= 11 is 1.28. The van der Waals surface area contributed by atoms with E-state index in [-0.39, 0.29) is 29.5 Å². The van der Waals surface area contributed by atoms with Crippen LogP contribution in [0.5, 0.6) is 0 Å². The van der Waals surface area contributed by atoms with Crippen LogP contribution in [0.15, 0.2) is 29.2 Å². The molecule has 0 aromatic heterocycles. The summed E-state index contributed by atoms with van der Waals surface area (Å²) in [7, 11) is 1.58. The van der Waals surface area contributed by atoms with Crippen molar-refractivity contribution in [1.29, 1.82) is 0 Å². The molecule has 4 aliphatic carbocycles. The van der Waals surface area contributed by atoms with Gasteiger partial charge in [-0.3, -0.25) is 9.59 Å². The number of hydrogen-bond acceptors (Lipinski definition) is 6. The largest absolute Gasteiger partial charge is 0.454 e. The third kappa shape index (κ3) is 5.14. The number of ether oxygens (including phenoxy) is 2. The monoisotopic (exact) mass is 445 g/mol. The van der Waals surface area contributed by atoms with Gasteiger partial charge in [-0.25, -0.2) is 4.79 Å². The van der Waals surface area contributed by atoms with Crippen molar-refractivity contribution in [2.45, 2.75) is 43.4 Å². The summed E-state index contributed by atoms with van der Waals surface area (Å²) in [5.41, 5.74) is 0.138. The van der Waals surface area contributed by atoms with Gasteiger partial charge in [0.05, 0.1) is 17.9 Å². The Hall–Kier alpha value is -1.86. The lowest BCUT2D eigenvalue weighted by atomic mass is 9.48. The third-order valence-corrected chi connectivity index (χ3v) is 8.13. The zero-order valence-corrected chi connectivity index (χ0v) is 18.9. The molecule has 4 fully saturated rings. The van der Waals surface area contributed by atoms with Crippen molar-refractivity contribution in [2.24, 2.45) is 23.2 Å². The van der Waals surface area contributed by atoms with Gasteiger partial charge < -0.3 is 14.8 Å². The topological polar surface area (TPSA) is 81.7 Å². The molecule has 1 amide bonds. The lowest BCUT2D eigenvalue weighted by Gasteiger charge is -2.55. The van der Waals surface area contributed by atoms with E-state index in [9.17, 15) is 14.4 Å². The SMILES string of the molecule is COCCNC(=O)CSc1ccccc1C(=O)OCC(=O)C12CC3CC(CC(C3)C1)C2. The average molecular weight is 446 g/mol. The van der Waals surface area contributed by atoms with Crippen LogP contribution >= 0.6 is 11.8 Å². The predicted octanol–water partition coefficient (Wildman–Crippen LogP) is 3.48. The number of Topliss-reactive ketones (excluding diaryl/α,β-unsaturated/α-hetero) is 1. The van der Waals surface area contributed by atoms with E-state index >= 15 is 0 Å². The normalized spacial score (nSPS) is 28.4. The fraction of sp³-hybridized carbons (Fsp3) is 0.625. The van der Waals surface area contributed by atoms with E-state index < -0.39 is 5.97 Å². The summed E-state index contributed by atoms with van der Waals surface area (Å²) in [6.07, 6.45) is 6.74. The van der Waals surface area contributed by atoms with Crippen LogP contribution in [0.4, 0.5) is 0 Å². The molecule has 0 radical (unpaired) electrons. The maximum absolute atomic E-state index is 13.1. The molecule has 0 heterocycles. The van der Waals surface area contributed by atoms with Crippen molar-refractivity contribution in [3.63, 3.8) is 0 Å².